The third-order valence-electron chi connectivity index (χ3n) is 4.64. The van der Waals surface area contributed by atoms with Gasteiger partial charge in [-0.3, -0.25) is 9.09 Å². The highest BCUT2D eigenvalue weighted by atomic mass is 32.1. The van der Waals surface area contributed by atoms with Gasteiger partial charge in [0.05, 0.1) is 12.4 Å². The lowest BCUT2D eigenvalue weighted by Gasteiger charge is -2.28. The number of nitrogens with one attached hydrogen (secondary N) is 1. The minimum atomic E-state index is -5.76. The van der Waals surface area contributed by atoms with Crippen LogP contribution in [-0.4, -0.2) is 68.1 Å². The Morgan fingerprint density at radius 2 is 1.94 bits per heavy atom. The molecule has 0 bridgehead atoms. The Kier molecular flexibility index (Phi) is 7.50. The molecule has 7 atom stereocenters. The van der Waals surface area contributed by atoms with Crippen LogP contribution in [0.15, 0.2) is 6.33 Å². The van der Waals surface area contributed by atoms with Gasteiger partial charge < -0.3 is 45.9 Å². The minimum absolute atomic E-state index is 0.0365. The van der Waals surface area contributed by atoms with Crippen molar-refractivity contribution >= 4 is 52.8 Å². The summed E-state index contributed by atoms with van der Waals surface area (Å²) in [5, 5.41) is 10.8. The molecule has 2 aromatic rings. The van der Waals surface area contributed by atoms with E-state index in [1.54, 1.807) is 0 Å². The molecule has 0 aliphatic carbocycles. The predicted octanol–water partition coefficient (Wildman–Crippen LogP) is -0.608. The maximum Gasteiger partial charge on any atom is 0.490 e. The number of phosphoric acid groups is 3. The number of H-pyrrole nitrogens is 1. The summed E-state index contributed by atoms with van der Waals surface area (Å²) in [5.74, 6) is 2.11. The van der Waals surface area contributed by atoms with E-state index >= 15 is 0 Å². The van der Waals surface area contributed by atoms with Gasteiger partial charge in [-0.25, -0.2) is 23.7 Å². The smallest absolute Gasteiger partial charge is 0.387 e. The molecule has 1 aliphatic rings. The van der Waals surface area contributed by atoms with Gasteiger partial charge in [-0.2, -0.15) is 8.62 Å². The number of aromatic nitrogens is 4. The molecule has 10 N–H and O–H groups in total. The lowest BCUT2D eigenvalue weighted by atomic mass is 9.90. The number of aliphatic hydroxyl groups excluding tert-OH is 1. The van der Waals surface area contributed by atoms with E-state index in [9.17, 15) is 28.6 Å². The van der Waals surface area contributed by atoms with Crippen LogP contribution >= 0.6 is 35.7 Å². The molecule has 194 valence electrons. The summed E-state index contributed by atoms with van der Waals surface area (Å²) in [4.78, 5) is 46.9. The fourth-order valence-corrected chi connectivity index (χ4v) is 6.72. The summed E-state index contributed by atoms with van der Waals surface area (Å²) in [6.07, 6.45) is 0.450. The number of anilines is 1. The Morgan fingerprint density at radius 3 is 2.51 bits per heavy atom. The first kappa shape index (κ1) is 28.0. The summed E-state index contributed by atoms with van der Waals surface area (Å²) in [6, 6.07) is 0. The summed E-state index contributed by atoms with van der Waals surface area (Å²) in [7, 11) is -16.9. The van der Waals surface area contributed by atoms with Crippen molar-refractivity contribution < 1.29 is 56.3 Å². The number of nitrogen functional groups attached to an aromatic ring is 1. The molecule has 35 heavy (non-hydrogen) atoms. The van der Waals surface area contributed by atoms with Crippen molar-refractivity contribution in [3.63, 3.8) is 0 Å². The second-order valence-electron chi connectivity index (χ2n) is 7.15. The molecule has 0 spiro atoms. The standard InChI is InChI=1S/C13H19N6O12P3S/c1-3-13(15)8(20)7(5(2)29-33(24,25)31-34(26,27)30-32(21,22)23)28-11(13)19-4-16-6-9(19)17-12(14)18-10(6)35/h1,4-5,7-8,11,20H,15H2,2H3,(H,24,25)(H,26,27)(H2,21,22,23)(H3,14,17,18,35)/t5-,7+,8-,11+,13?/m0/s1. The van der Waals surface area contributed by atoms with Gasteiger partial charge in [0.1, 0.15) is 23.4 Å². The third kappa shape index (κ3) is 5.88. The second-order valence-corrected chi connectivity index (χ2v) is 11.9. The first-order valence-electron chi connectivity index (χ1n) is 9.04. The van der Waals surface area contributed by atoms with E-state index in [1.165, 1.54) is 10.9 Å². The fourth-order valence-electron chi connectivity index (χ4n) is 3.27. The highest BCUT2D eigenvalue weighted by Crippen LogP contribution is 2.66. The quantitative estimate of drug-likeness (QED) is 0.110. The maximum absolute atomic E-state index is 12.2. The molecule has 1 aliphatic heterocycles. The Balaban J connectivity index is 1.89. The van der Waals surface area contributed by atoms with E-state index in [4.69, 9.17) is 49.2 Å². The first-order chi connectivity index (χ1) is 15.9. The van der Waals surface area contributed by atoms with Crippen molar-refractivity contribution in [3.8, 4) is 12.3 Å². The maximum atomic E-state index is 12.2. The lowest BCUT2D eigenvalue weighted by Crippen LogP contribution is -2.54. The molecule has 0 saturated carbocycles. The average molecular weight is 576 g/mol. The number of aromatic amines is 1. The number of imidazole rings is 1. The van der Waals surface area contributed by atoms with Crippen LogP contribution in [0.1, 0.15) is 13.2 Å². The normalized spacial score (nSPS) is 29.4. The Hall–Kier alpha value is -1.58. The molecule has 0 aromatic carbocycles. The summed E-state index contributed by atoms with van der Waals surface area (Å²) >= 11 is 5.09. The Morgan fingerprint density at radius 1 is 1.31 bits per heavy atom. The van der Waals surface area contributed by atoms with Gasteiger partial charge in [-0.15, -0.1) is 6.42 Å². The molecular weight excluding hydrogens is 557 g/mol. The van der Waals surface area contributed by atoms with Crippen molar-refractivity contribution in [2.24, 2.45) is 5.73 Å². The molecule has 3 rings (SSSR count). The van der Waals surface area contributed by atoms with Crippen LogP contribution in [0, 0.1) is 17.0 Å². The van der Waals surface area contributed by atoms with Gasteiger partial charge in [0.2, 0.25) is 0 Å². The minimum Gasteiger partial charge on any atom is -0.387 e. The number of hydrogen-bond donors (Lipinski definition) is 8. The molecule has 0 radical (unpaired) electrons. The number of rotatable bonds is 8. The summed E-state index contributed by atoms with van der Waals surface area (Å²) in [5.41, 5.74) is 10.3. The number of nitrogens with two attached hydrogens (primary N) is 2. The van der Waals surface area contributed by atoms with Gasteiger partial charge in [-0.05, 0) is 6.92 Å². The zero-order valence-corrected chi connectivity index (χ0v) is 20.8. The van der Waals surface area contributed by atoms with E-state index < -0.39 is 53.5 Å². The van der Waals surface area contributed by atoms with Crippen molar-refractivity contribution in [2.45, 2.75) is 37.0 Å². The third-order valence-corrected chi connectivity index (χ3v) is 8.85. The van der Waals surface area contributed by atoms with E-state index in [1.807, 2.05) is 0 Å². The summed E-state index contributed by atoms with van der Waals surface area (Å²) < 4.78 is 53.5. The van der Waals surface area contributed by atoms with Crippen molar-refractivity contribution in [2.75, 3.05) is 5.73 Å². The number of nitrogens with zero attached hydrogens (tertiary/aromatic N) is 3. The Bertz CT molecular complexity index is 1390. The molecule has 22 heteroatoms. The fraction of sp³-hybridized carbons (Fsp3) is 0.462. The molecule has 0 amide bonds. The van der Waals surface area contributed by atoms with E-state index in [0.717, 1.165) is 6.92 Å². The van der Waals surface area contributed by atoms with Crippen LogP contribution in [0.25, 0.3) is 11.2 Å². The van der Waals surface area contributed by atoms with Gasteiger partial charge in [0, 0.05) is 0 Å². The molecule has 3 heterocycles. The van der Waals surface area contributed by atoms with Crippen LogP contribution in [0.4, 0.5) is 5.95 Å². The zero-order chi connectivity index (χ0) is 26.6. The van der Waals surface area contributed by atoms with E-state index in [2.05, 4.69) is 29.5 Å². The molecular formula is C13H19N6O12P3S. The molecule has 1 saturated heterocycles. The van der Waals surface area contributed by atoms with Crippen molar-refractivity contribution in [3.05, 3.63) is 11.0 Å². The highest BCUT2D eigenvalue weighted by Gasteiger charge is 2.57. The largest absolute Gasteiger partial charge is 0.490 e. The van der Waals surface area contributed by atoms with Gasteiger partial charge >= 0.3 is 23.5 Å². The highest BCUT2D eigenvalue weighted by molar-refractivity contribution is 7.71. The van der Waals surface area contributed by atoms with E-state index in [0.29, 0.717) is 0 Å². The van der Waals surface area contributed by atoms with Crippen LogP contribution in [0.2, 0.25) is 0 Å². The van der Waals surface area contributed by atoms with Gasteiger partial charge in [0.15, 0.2) is 22.4 Å². The van der Waals surface area contributed by atoms with Gasteiger partial charge in [-0.1, -0.05) is 18.1 Å². The number of phosphoric ester groups is 1. The molecule has 2 aromatic heterocycles. The van der Waals surface area contributed by atoms with Crippen LogP contribution in [0.5, 0.6) is 0 Å². The predicted molar refractivity (Wildman–Crippen MR) is 117 cm³/mol. The second kappa shape index (κ2) is 9.38. The molecule has 3 unspecified atom stereocenters. The SMILES string of the molecule is C#CC1(N)[C@@H](O)[C@@H]([C@H](C)OP(=O)(O)OP(=O)(O)OP(=O)(O)O)O[C@H]1n1cnc2c(=S)nc(N)[nH]c21. The number of hydrogen-bond acceptors (Lipinski definition) is 13. The number of fused-ring (bicyclic) bond motifs is 1. The number of ether oxygens (including phenoxy) is 1. The monoisotopic (exact) mass is 576 g/mol. The topological polar surface area (TPSA) is 288 Å². The van der Waals surface area contributed by atoms with Crippen LogP contribution in [-0.2, 0) is 31.6 Å². The molecule has 18 nitrogen and oxygen atoms in total. The number of aliphatic hydroxyl groups is 1. The van der Waals surface area contributed by atoms with Crippen molar-refractivity contribution in [1.82, 2.24) is 19.5 Å². The lowest BCUT2D eigenvalue weighted by molar-refractivity contribution is -0.0733. The van der Waals surface area contributed by atoms with Crippen molar-refractivity contribution in [1.29, 1.82) is 0 Å². The summed E-state index contributed by atoms with van der Waals surface area (Å²) in [6.45, 7) is 1.09. The first-order valence-corrected chi connectivity index (χ1v) is 14.0. The van der Waals surface area contributed by atoms with Crippen LogP contribution < -0.4 is 11.5 Å². The van der Waals surface area contributed by atoms with Gasteiger partial charge in [0.25, 0.3) is 0 Å². The van der Waals surface area contributed by atoms with E-state index in [-0.39, 0.29) is 21.8 Å². The average Bonchev–Trinajstić information content (AvgIpc) is 3.18. The van der Waals surface area contributed by atoms with Crippen LogP contribution in [0.3, 0.4) is 0 Å². The molecule has 1 fully saturated rings. The zero-order valence-electron chi connectivity index (χ0n) is 17.3. The number of terminal acetylenes is 1. The Labute approximate surface area is 200 Å².